The molecule has 1 rings (SSSR count). The third kappa shape index (κ3) is 8.16. The molecule has 3 nitrogen and oxygen atoms in total. The van der Waals surface area contributed by atoms with Gasteiger partial charge in [0.05, 0.1) is 10.0 Å². The molecule has 0 aliphatic rings. The predicted molar refractivity (Wildman–Crippen MR) is 85.7 cm³/mol. The van der Waals surface area contributed by atoms with Crippen LogP contribution >= 0.6 is 27.3 Å². The molecule has 0 aliphatic heterocycles. The summed E-state index contributed by atoms with van der Waals surface area (Å²) < 4.78 is 1.06. The largest absolute Gasteiger partial charge is 0.273 e. The molecular weight excluding hydrogens is 324 g/mol. The van der Waals surface area contributed by atoms with Crippen molar-refractivity contribution in [2.45, 2.75) is 51.9 Å². The first kappa shape index (κ1) is 16.4. The SMILES string of the molecule is CCCCCCCCC(=O)N/N=C/c1ccc(Br)s1. The standard InChI is InChI=1S/C14H21BrN2OS/c1-2-3-4-5-6-7-8-14(18)17-16-11-12-9-10-13(15)19-12/h9-11H,2-8H2,1H3,(H,17,18)/b16-11+. The molecule has 0 saturated heterocycles. The molecular formula is C14H21BrN2OS. The van der Waals surface area contributed by atoms with E-state index in [-0.39, 0.29) is 5.91 Å². The van der Waals surface area contributed by atoms with Crippen LogP contribution in [-0.2, 0) is 4.79 Å². The first-order chi connectivity index (χ1) is 9.22. The first-order valence-electron chi connectivity index (χ1n) is 6.79. The Hall–Kier alpha value is -0.680. The van der Waals surface area contributed by atoms with E-state index in [1.165, 1.54) is 25.7 Å². The molecule has 0 spiro atoms. The van der Waals surface area contributed by atoms with Gasteiger partial charge in [-0.1, -0.05) is 39.0 Å². The quantitative estimate of drug-likeness (QED) is 0.393. The summed E-state index contributed by atoms with van der Waals surface area (Å²) in [5, 5.41) is 3.95. The van der Waals surface area contributed by atoms with Gasteiger partial charge < -0.3 is 0 Å². The molecule has 0 bridgehead atoms. The van der Waals surface area contributed by atoms with Gasteiger partial charge in [-0.05, 0) is 34.5 Å². The molecule has 1 aromatic rings. The van der Waals surface area contributed by atoms with Crippen LogP contribution in [0.3, 0.4) is 0 Å². The second-order valence-corrected chi connectivity index (χ2v) is 6.95. The van der Waals surface area contributed by atoms with E-state index in [0.29, 0.717) is 6.42 Å². The fraction of sp³-hybridized carbons (Fsp3) is 0.571. The van der Waals surface area contributed by atoms with E-state index in [1.54, 1.807) is 17.6 Å². The zero-order valence-corrected chi connectivity index (χ0v) is 13.7. The van der Waals surface area contributed by atoms with Gasteiger partial charge >= 0.3 is 0 Å². The zero-order valence-electron chi connectivity index (χ0n) is 11.3. The van der Waals surface area contributed by atoms with E-state index in [0.717, 1.165) is 21.5 Å². The number of hydrogen-bond acceptors (Lipinski definition) is 3. The number of nitrogens with one attached hydrogen (secondary N) is 1. The summed E-state index contributed by atoms with van der Waals surface area (Å²) in [5.41, 5.74) is 2.56. The lowest BCUT2D eigenvalue weighted by Crippen LogP contribution is -2.16. The second kappa shape index (κ2) is 10.1. The molecule has 1 aromatic heterocycles. The van der Waals surface area contributed by atoms with Crippen molar-refractivity contribution in [1.82, 2.24) is 5.43 Å². The van der Waals surface area contributed by atoms with Gasteiger partial charge in [0.1, 0.15) is 0 Å². The Morgan fingerprint density at radius 1 is 1.32 bits per heavy atom. The van der Waals surface area contributed by atoms with Gasteiger partial charge in [-0.15, -0.1) is 11.3 Å². The van der Waals surface area contributed by atoms with E-state index in [2.05, 4.69) is 33.4 Å². The maximum Gasteiger partial charge on any atom is 0.240 e. The number of unbranched alkanes of at least 4 members (excludes halogenated alkanes) is 5. The summed E-state index contributed by atoms with van der Waals surface area (Å²) in [4.78, 5) is 12.5. The Kier molecular flexibility index (Phi) is 8.75. The first-order valence-corrected chi connectivity index (χ1v) is 8.40. The predicted octanol–water partition coefficient (Wildman–Crippen LogP) is 4.71. The third-order valence-corrected chi connectivity index (χ3v) is 4.29. The molecule has 0 aromatic carbocycles. The summed E-state index contributed by atoms with van der Waals surface area (Å²) in [7, 11) is 0. The van der Waals surface area contributed by atoms with Gasteiger partial charge in [-0.25, -0.2) is 5.43 Å². The Morgan fingerprint density at radius 2 is 2.05 bits per heavy atom. The van der Waals surface area contributed by atoms with E-state index in [1.807, 2.05) is 12.1 Å². The fourth-order valence-electron chi connectivity index (χ4n) is 1.69. The smallest absolute Gasteiger partial charge is 0.240 e. The van der Waals surface area contributed by atoms with Crippen molar-refractivity contribution in [2.24, 2.45) is 5.10 Å². The average Bonchev–Trinajstić information content (AvgIpc) is 2.79. The van der Waals surface area contributed by atoms with Gasteiger partial charge in [0.25, 0.3) is 0 Å². The molecule has 1 heterocycles. The van der Waals surface area contributed by atoms with E-state index < -0.39 is 0 Å². The second-order valence-electron chi connectivity index (χ2n) is 4.45. The Balaban J connectivity index is 2.06. The molecule has 0 saturated carbocycles. The van der Waals surface area contributed by atoms with Crippen LogP contribution in [0.1, 0.15) is 56.7 Å². The van der Waals surface area contributed by atoms with E-state index in [4.69, 9.17) is 0 Å². The number of hydrazone groups is 1. The number of carbonyl (C=O) groups is 1. The lowest BCUT2D eigenvalue weighted by Gasteiger charge is -2.00. The molecule has 5 heteroatoms. The molecule has 0 unspecified atom stereocenters. The van der Waals surface area contributed by atoms with Crippen LogP contribution in [0.15, 0.2) is 21.0 Å². The van der Waals surface area contributed by atoms with Crippen molar-refractivity contribution < 1.29 is 4.79 Å². The Labute approximate surface area is 127 Å². The van der Waals surface area contributed by atoms with Gasteiger partial charge in [-0.3, -0.25) is 4.79 Å². The average molecular weight is 345 g/mol. The summed E-state index contributed by atoms with van der Waals surface area (Å²) in [6, 6.07) is 3.92. The molecule has 0 aliphatic carbocycles. The van der Waals surface area contributed by atoms with Crippen LogP contribution in [0.4, 0.5) is 0 Å². The van der Waals surface area contributed by atoms with Crippen molar-refractivity contribution in [2.75, 3.05) is 0 Å². The van der Waals surface area contributed by atoms with Crippen LogP contribution in [0.2, 0.25) is 0 Å². The van der Waals surface area contributed by atoms with Crippen molar-refractivity contribution in [3.63, 3.8) is 0 Å². The third-order valence-electron chi connectivity index (χ3n) is 2.73. The fourth-order valence-corrected chi connectivity index (χ4v) is 2.98. The lowest BCUT2D eigenvalue weighted by molar-refractivity contribution is -0.121. The van der Waals surface area contributed by atoms with Gasteiger partial charge in [-0.2, -0.15) is 5.10 Å². The Morgan fingerprint density at radius 3 is 2.74 bits per heavy atom. The van der Waals surface area contributed by atoms with Gasteiger partial charge in [0, 0.05) is 11.3 Å². The molecule has 106 valence electrons. The number of nitrogens with zero attached hydrogens (tertiary/aromatic N) is 1. The van der Waals surface area contributed by atoms with E-state index in [9.17, 15) is 4.79 Å². The van der Waals surface area contributed by atoms with Crippen LogP contribution in [-0.4, -0.2) is 12.1 Å². The monoisotopic (exact) mass is 344 g/mol. The maximum atomic E-state index is 11.5. The number of amides is 1. The molecule has 1 amide bonds. The highest BCUT2D eigenvalue weighted by Gasteiger charge is 1.99. The molecule has 1 N–H and O–H groups in total. The van der Waals surface area contributed by atoms with Gasteiger partial charge in [0.2, 0.25) is 5.91 Å². The number of carbonyl (C=O) groups excluding carboxylic acids is 1. The molecule has 19 heavy (non-hydrogen) atoms. The highest BCUT2D eigenvalue weighted by atomic mass is 79.9. The minimum Gasteiger partial charge on any atom is -0.273 e. The number of halogens is 1. The lowest BCUT2D eigenvalue weighted by atomic mass is 10.1. The molecule has 0 radical (unpaired) electrons. The summed E-state index contributed by atoms with van der Waals surface area (Å²) in [6.07, 6.45) is 9.40. The maximum absolute atomic E-state index is 11.5. The van der Waals surface area contributed by atoms with Crippen LogP contribution in [0.5, 0.6) is 0 Å². The summed E-state index contributed by atoms with van der Waals surface area (Å²) in [5.74, 6) is 0.00219. The number of rotatable bonds is 9. The minimum absolute atomic E-state index is 0.00219. The highest BCUT2D eigenvalue weighted by Crippen LogP contribution is 2.20. The van der Waals surface area contributed by atoms with Crippen molar-refractivity contribution in [3.8, 4) is 0 Å². The minimum atomic E-state index is 0.00219. The topological polar surface area (TPSA) is 41.5 Å². The summed E-state index contributed by atoms with van der Waals surface area (Å²) in [6.45, 7) is 2.21. The highest BCUT2D eigenvalue weighted by molar-refractivity contribution is 9.11. The normalized spacial score (nSPS) is 11.1. The molecule has 0 fully saturated rings. The Bertz CT molecular complexity index is 404. The van der Waals surface area contributed by atoms with E-state index >= 15 is 0 Å². The summed E-state index contributed by atoms with van der Waals surface area (Å²) >= 11 is 4.97. The van der Waals surface area contributed by atoms with Crippen molar-refractivity contribution in [1.29, 1.82) is 0 Å². The van der Waals surface area contributed by atoms with Crippen LogP contribution in [0.25, 0.3) is 0 Å². The van der Waals surface area contributed by atoms with Crippen molar-refractivity contribution in [3.05, 3.63) is 20.8 Å². The van der Waals surface area contributed by atoms with Gasteiger partial charge in [0.15, 0.2) is 0 Å². The zero-order chi connectivity index (χ0) is 13.9. The number of thiophene rings is 1. The molecule has 0 atom stereocenters. The van der Waals surface area contributed by atoms with Crippen molar-refractivity contribution >= 4 is 39.4 Å². The van der Waals surface area contributed by atoms with Crippen LogP contribution < -0.4 is 5.43 Å². The van der Waals surface area contributed by atoms with Crippen LogP contribution in [0, 0.1) is 0 Å². The number of hydrogen-bond donors (Lipinski definition) is 1.